The first-order valence-electron chi connectivity index (χ1n) is 20.0. The van der Waals surface area contributed by atoms with Gasteiger partial charge in [0.1, 0.15) is 5.69 Å². The first kappa shape index (κ1) is 38.5. The second-order valence-electron chi connectivity index (χ2n) is 15.0. The molecular formula is C45H55N7O2. The van der Waals surface area contributed by atoms with Crippen molar-refractivity contribution in [1.82, 2.24) is 24.8 Å². The lowest BCUT2D eigenvalue weighted by Crippen LogP contribution is -2.27. The van der Waals surface area contributed by atoms with Gasteiger partial charge in [-0.1, -0.05) is 110 Å². The second kappa shape index (κ2) is 18.2. The summed E-state index contributed by atoms with van der Waals surface area (Å²) in [6, 6.07) is 19.3. The van der Waals surface area contributed by atoms with Gasteiger partial charge in [-0.15, -0.1) is 15.9 Å². The van der Waals surface area contributed by atoms with E-state index in [1.54, 1.807) is 18.3 Å². The van der Waals surface area contributed by atoms with Crippen molar-refractivity contribution in [1.29, 1.82) is 0 Å². The molecule has 3 aromatic heterocycles. The van der Waals surface area contributed by atoms with E-state index in [-0.39, 0.29) is 16.0 Å². The Morgan fingerprint density at radius 3 is 2.28 bits per heavy atom. The summed E-state index contributed by atoms with van der Waals surface area (Å²) in [4.78, 5) is 18.0. The number of allylic oxidation sites excluding steroid dienone is 3. The van der Waals surface area contributed by atoms with Gasteiger partial charge in [-0.25, -0.2) is 4.52 Å². The summed E-state index contributed by atoms with van der Waals surface area (Å²) < 4.78 is 1.81. The number of unbranched alkanes of at least 4 members (excludes halogenated alkanes) is 10. The number of fused-ring (bicyclic) bond motifs is 2. The molecule has 0 unspecified atom stereocenters. The van der Waals surface area contributed by atoms with Crippen molar-refractivity contribution in [2.24, 2.45) is 0 Å². The monoisotopic (exact) mass is 725 g/mol. The zero-order valence-corrected chi connectivity index (χ0v) is 32.5. The predicted octanol–water partition coefficient (Wildman–Crippen LogP) is 11.8. The van der Waals surface area contributed by atoms with Gasteiger partial charge in [0.2, 0.25) is 5.82 Å². The number of nitrogens with zero attached hydrogens (tertiary/aromatic N) is 6. The number of aromatic amines is 1. The topological polar surface area (TPSA) is 105 Å². The van der Waals surface area contributed by atoms with E-state index in [0.29, 0.717) is 17.2 Å². The Morgan fingerprint density at radius 1 is 0.870 bits per heavy atom. The van der Waals surface area contributed by atoms with Crippen LogP contribution in [0.4, 0.5) is 11.4 Å². The largest absolute Gasteiger partial charge is 0.344 e. The van der Waals surface area contributed by atoms with E-state index in [9.17, 15) is 10.1 Å². The van der Waals surface area contributed by atoms with Crippen LogP contribution in [0.3, 0.4) is 0 Å². The first-order valence-corrected chi connectivity index (χ1v) is 20.0. The van der Waals surface area contributed by atoms with E-state index in [0.717, 1.165) is 36.2 Å². The molecule has 0 spiro atoms. The molecule has 1 aliphatic rings. The predicted molar refractivity (Wildman–Crippen MR) is 221 cm³/mol. The zero-order chi connectivity index (χ0) is 37.9. The fourth-order valence-electron chi connectivity index (χ4n) is 7.63. The minimum atomic E-state index is -0.389. The molecule has 54 heavy (non-hydrogen) atoms. The second-order valence-corrected chi connectivity index (χ2v) is 15.0. The summed E-state index contributed by atoms with van der Waals surface area (Å²) in [5, 5.41) is 23.8. The van der Waals surface area contributed by atoms with Crippen LogP contribution in [-0.4, -0.2) is 36.3 Å². The van der Waals surface area contributed by atoms with Crippen LogP contribution in [0.25, 0.3) is 34.5 Å². The van der Waals surface area contributed by atoms with Gasteiger partial charge in [0.15, 0.2) is 5.65 Å². The summed E-state index contributed by atoms with van der Waals surface area (Å²) in [5.74, 6) is 0.575. The van der Waals surface area contributed by atoms with Gasteiger partial charge < -0.3 is 4.90 Å². The number of nitrogens with one attached hydrogen (secondary N) is 1. The molecule has 5 aromatic rings. The van der Waals surface area contributed by atoms with Crippen LogP contribution in [0.2, 0.25) is 0 Å². The van der Waals surface area contributed by atoms with E-state index < -0.39 is 0 Å². The maximum Gasteiger partial charge on any atom is 0.269 e. The molecule has 0 amide bonds. The number of H-pyrrole nitrogens is 1. The maximum absolute atomic E-state index is 11.4. The van der Waals surface area contributed by atoms with Crippen LogP contribution in [0.15, 0.2) is 90.4 Å². The number of aromatic nitrogens is 5. The van der Waals surface area contributed by atoms with Crippen LogP contribution >= 0.6 is 0 Å². The third kappa shape index (κ3) is 8.74. The van der Waals surface area contributed by atoms with E-state index in [4.69, 9.17) is 0 Å². The van der Waals surface area contributed by atoms with Crippen molar-refractivity contribution in [3.63, 3.8) is 0 Å². The lowest BCUT2D eigenvalue weighted by Gasteiger charge is -2.27. The summed E-state index contributed by atoms with van der Waals surface area (Å²) in [5.41, 5.74) is 12.4. The molecule has 0 fully saturated rings. The van der Waals surface area contributed by atoms with Crippen molar-refractivity contribution < 1.29 is 4.92 Å². The van der Waals surface area contributed by atoms with E-state index in [1.165, 1.54) is 105 Å². The van der Waals surface area contributed by atoms with Crippen LogP contribution in [-0.2, 0) is 11.8 Å². The van der Waals surface area contributed by atoms with Gasteiger partial charge in [0.05, 0.1) is 16.2 Å². The average molecular weight is 726 g/mol. The molecule has 282 valence electrons. The van der Waals surface area contributed by atoms with Crippen molar-refractivity contribution in [3.05, 3.63) is 117 Å². The Hall–Kier alpha value is -5.27. The molecule has 9 heteroatoms. The number of nitro benzene ring substituents is 1. The molecule has 0 saturated heterocycles. The Morgan fingerprint density at radius 2 is 1.59 bits per heavy atom. The molecule has 0 radical (unpaired) electrons. The first-order chi connectivity index (χ1) is 26.3. The summed E-state index contributed by atoms with van der Waals surface area (Å²) in [6.45, 7) is 10.2. The number of anilines is 1. The molecule has 0 atom stereocenters. The number of aryl methyl sites for hydroxylation is 1. The number of rotatable bonds is 19. The van der Waals surface area contributed by atoms with Crippen molar-refractivity contribution in [2.45, 2.75) is 117 Å². The highest BCUT2D eigenvalue weighted by Gasteiger charge is 2.39. The number of benzene rings is 2. The van der Waals surface area contributed by atoms with E-state index >= 15 is 0 Å². The lowest BCUT2D eigenvalue weighted by atomic mass is 9.82. The number of hydrogen-bond acceptors (Lipinski definition) is 6. The third-order valence-corrected chi connectivity index (χ3v) is 10.7. The molecule has 6 rings (SSSR count). The minimum absolute atomic E-state index is 0.0366. The fraction of sp³-hybridized carbons (Fsp3) is 0.422. The minimum Gasteiger partial charge on any atom is -0.344 e. The van der Waals surface area contributed by atoms with Gasteiger partial charge in [-0.3, -0.25) is 20.2 Å². The average Bonchev–Trinajstić information content (AvgIpc) is 3.82. The molecule has 0 saturated carbocycles. The Labute approximate surface area is 320 Å². The highest BCUT2D eigenvalue weighted by Crippen LogP contribution is 2.48. The molecule has 0 aliphatic carbocycles. The number of nitro groups is 1. The van der Waals surface area contributed by atoms with Gasteiger partial charge in [0, 0.05) is 47.2 Å². The van der Waals surface area contributed by atoms with Crippen LogP contribution < -0.4 is 4.90 Å². The van der Waals surface area contributed by atoms with Gasteiger partial charge in [0.25, 0.3) is 5.69 Å². The van der Waals surface area contributed by atoms with E-state index in [1.807, 2.05) is 34.9 Å². The summed E-state index contributed by atoms with van der Waals surface area (Å²) >= 11 is 0. The van der Waals surface area contributed by atoms with Crippen LogP contribution in [0.1, 0.15) is 121 Å². The third-order valence-electron chi connectivity index (χ3n) is 10.7. The molecule has 1 N–H and O–H groups in total. The quantitative estimate of drug-likeness (QED) is 0.0393. The molecular weight excluding hydrogens is 671 g/mol. The Kier molecular flexibility index (Phi) is 12.9. The molecule has 1 aliphatic heterocycles. The highest BCUT2D eigenvalue weighted by molar-refractivity contribution is 5.82. The van der Waals surface area contributed by atoms with Crippen LogP contribution in [0, 0.1) is 10.1 Å². The normalized spacial score (nSPS) is 14.1. The fourth-order valence-corrected chi connectivity index (χ4v) is 7.63. The Bertz CT molecular complexity index is 2100. The number of pyridine rings is 1. The van der Waals surface area contributed by atoms with Gasteiger partial charge >= 0.3 is 0 Å². The smallest absolute Gasteiger partial charge is 0.269 e. The maximum atomic E-state index is 11.4. The lowest BCUT2D eigenvalue weighted by molar-refractivity contribution is -0.384. The van der Waals surface area contributed by atoms with Gasteiger partial charge in [-0.2, -0.15) is 0 Å². The number of non-ortho nitro benzene ring substituents is 1. The molecule has 4 heterocycles. The SMILES string of the molecule is CCCCCCCCCCCCN1C(=CC=C=Cc2c(-c3ccc([N+](=O)[O-])cc3)[nH]n3c(-c4ccccn4)nnc23)C(C)(C)c2cc(CCCC)ccc21. The summed E-state index contributed by atoms with van der Waals surface area (Å²) in [6.07, 6.45) is 24.5. The zero-order valence-electron chi connectivity index (χ0n) is 32.5. The molecule has 2 aromatic carbocycles. The van der Waals surface area contributed by atoms with Crippen LogP contribution in [0.5, 0.6) is 0 Å². The van der Waals surface area contributed by atoms with Crippen molar-refractivity contribution in [3.8, 4) is 22.8 Å². The highest BCUT2D eigenvalue weighted by atomic mass is 16.6. The molecule has 0 bridgehead atoms. The number of hydrogen-bond donors (Lipinski definition) is 1. The standard InChI is InChI=1S/C45H55N7O2/c1-5-7-9-10-11-12-13-14-15-20-32-50-40-30-25-34(21-8-6-2)33-38(40)45(3,4)41(50)24-17-16-22-37-42(35-26-28-36(29-27-35)52(53)54)49-51-43(37)47-48-44(51)39-23-18-19-31-46-39/h17-19,22-31,33,49H,5-15,20-21,32H2,1-4H3. The van der Waals surface area contributed by atoms with Crippen molar-refractivity contribution >= 4 is 23.1 Å². The van der Waals surface area contributed by atoms with Gasteiger partial charge in [-0.05, 0) is 78.9 Å². The summed E-state index contributed by atoms with van der Waals surface area (Å²) in [7, 11) is 0. The van der Waals surface area contributed by atoms with Crippen molar-refractivity contribution in [2.75, 3.05) is 11.4 Å². The Balaban J connectivity index is 1.29. The van der Waals surface area contributed by atoms with E-state index in [2.05, 4.69) is 82.9 Å². The molecule has 9 nitrogen and oxygen atoms in total.